The van der Waals surface area contributed by atoms with E-state index in [9.17, 15) is 9.59 Å². The molecule has 2 aliphatic rings. The van der Waals surface area contributed by atoms with Crippen LogP contribution < -0.4 is 5.32 Å². The van der Waals surface area contributed by atoms with Gasteiger partial charge in [0, 0.05) is 5.69 Å². The van der Waals surface area contributed by atoms with Crippen LogP contribution in [0.4, 0.5) is 5.69 Å². The number of nitrogens with one attached hydrogen (secondary N) is 1. The molecule has 0 unspecified atom stereocenters. The molecule has 1 N–H and O–H groups in total. The van der Waals surface area contributed by atoms with Crippen molar-refractivity contribution in [1.82, 2.24) is 4.90 Å². The summed E-state index contributed by atoms with van der Waals surface area (Å²) in [4.78, 5) is 25.9. The van der Waals surface area contributed by atoms with E-state index in [-0.39, 0.29) is 30.3 Å². The molecule has 20 heavy (non-hydrogen) atoms. The van der Waals surface area contributed by atoms with Gasteiger partial charge in [-0.1, -0.05) is 24.3 Å². The largest absolute Gasteiger partial charge is 0.367 e. The SMILES string of the molecule is Cc1cccc(NCN2C(=O)[C@H]3CC=CC[C@H]3C2=O)c1. The van der Waals surface area contributed by atoms with Crippen molar-refractivity contribution in [2.75, 3.05) is 12.0 Å². The average molecular weight is 270 g/mol. The minimum Gasteiger partial charge on any atom is -0.367 e. The van der Waals surface area contributed by atoms with E-state index in [1.807, 2.05) is 43.3 Å². The van der Waals surface area contributed by atoms with Gasteiger partial charge >= 0.3 is 0 Å². The van der Waals surface area contributed by atoms with E-state index in [4.69, 9.17) is 0 Å². The summed E-state index contributed by atoms with van der Waals surface area (Å²) in [5.41, 5.74) is 2.07. The highest BCUT2D eigenvalue weighted by molar-refractivity contribution is 6.05. The molecule has 1 aromatic carbocycles. The van der Waals surface area contributed by atoms with Crippen LogP contribution in [0.15, 0.2) is 36.4 Å². The zero-order valence-electron chi connectivity index (χ0n) is 11.5. The Morgan fingerprint density at radius 3 is 2.40 bits per heavy atom. The van der Waals surface area contributed by atoms with Gasteiger partial charge in [0.1, 0.15) is 0 Å². The van der Waals surface area contributed by atoms with Crippen LogP contribution in [0, 0.1) is 18.8 Å². The van der Waals surface area contributed by atoms with E-state index in [2.05, 4.69) is 5.32 Å². The first-order chi connectivity index (χ1) is 9.66. The molecule has 104 valence electrons. The van der Waals surface area contributed by atoms with Crippen LogP contribution in [0.1, 0.15) is 18.4 Å². The summed E-state index contributed by atoms with van der Waals surface area (Å²) in [5, 5.41) is 3.16. The Bertz CT molecular complexity index is 554. The lowest BCUT2D eigenvalue weighted by Crippen LogP contribution is -2.35. The van der Waals surface area contributed by atoms with Crippen molar-refractivity contribution in [2.24, 2.45) is 11.8 Å². The Balaban J connectivity index is 1.69. The van der Waals surface area contributed by atoms with Gasteiger partial charge < -0.3 is 5.32 Å². The van der Waals surface area contributed by atoms with E-state index in [1.54, 1.807) is 0 Å². The minimum atomic E-state index is -0.146. The lowest BCUT2D eigenvalue weighted by Gasteiger charge is -2.16. The third-order valence-corrected chi connectivity index (χ3v) is 4.06. The van der Waals surface area contributed by atoms with Crippen molar-refractivity contribution in [1.29, 1.82) is 0 Å². The molecule has 1 saturated heterocycles. The highest BCUT2D eigenvalue weighted by Gasteiger charge is 2.46. The van der Waals surface area contributed by atoms with Gasteiger partial charge in [0.15, 0.2) is 0 Å². The van der Waals surface area contributed by atoms with Crippen LogP contribution in [0.5, 0.6) is 0 Å². The Hall–Kier alpha value is -2.10. The van der Waals surface area contributed by atoms with Gasteiger partial charge in [-0.05, 0) is 37.5 Å². The lowest BCUT2D eigenvalue weighted by molar-refractivity contribution is -0.139. The first kappa shape index (κ1) is 12.9. The van der Waals surface area contributed by atoms with Crippen LogP contribution in [0.2, 0.25) is 0 Å². The van der Waals surface area contributed by atoms with Gasteiger partial charge in [-0.3, -0.25) is 14.5 Å². The smallest absolute Gasteiger partial charge is 0.234 e. The molecule has 3 rings (SSSR count). The van der Waals surface area contributed by atoms with Crippen molar-refractivity contribution in [3.05, 3.63) is 42.0 Å². The zero-order chi connectivity index (χ0) is 14.1. The van der Waals surface area contributed by atoms with Gasteiger partial charge in [0.05, 0.1) is 18.5 Å². The van der Waals surface area contributed by atoms with E-state index in [0.717, 1.165) is 11.3 Å². The number of rotatable bonds is 3. The van der Waals surface area contributed by atoms with Crippen LogP contribution >= 0.6 is 0 Å². The van der Waals surface area contributed by atoms with Crippen molar-refractivity contribution in [3.63, 3.8) is 0 Å². The Labute approximate surface area is 118 Å². The fourth-order valence-electron chi connectivity index (χ4n) is 2.95. The number of nitrogens with zero attached hydrogens (tertiary/aromatic N) is 1. The molecule has 1 aromatic rings. The molecular formula is C16H18N2O2. The number of likely N-dealkylation sites (tertiary alicyclic amines) is 1. The first-order valence-corrected chi connectivity index (χ1v) is 6.97. The number of hydrogen-bond acceptors (Lipinski definition) is 3. The molecule has 2 amide bonds. The third kappa shape index (κ3) is 2.22. The Morgan fingerprint density at radius 1 is 1.15 bits per heavy atom. The lowest BCUT2D eigenvalue weighted by atomic mass is 9.85. The van der Waals surface area contributed by atoms with Crippen LogP contribution in [-0.4, -0.2) is 23.4 Å². The summed E-state index contributed by atoms with van der Waals surface area (Å²) in [6.45, 7) is 2.27. The molecule has 1 fully saturated rings. The van der Waals surface area contributed by atoms with Crippen molar-refractivity contribution >= 4 is 17.5 Å². The van der Waals surface area contributed by atoms with Gasteiger partial charge in [-0.25, -0.2) is 0 Å². The summed E-state index contributed by atoms with van der Waals surface area (Å²) in [7, 11) is 0. The Kier molecular flexibility index (Phi) is 3.30. The molecule has 4 nitrogen and oxygen atoms in total. The second kappa shape index (κ2) is 5.12. The molecule has 1 aliphatic carbocycles. The second-order valence-electron chi connectivity index (χ2n) is 5.46. The monoisotopic (exact) mass is 270 g/mol. The number of carbonyl (C=O) groups excluding carboxylic acids is 2. The summed E-state index contributed by atoms with van der Waals surface area (Å²) in [5.74, 6) is -0.368. The van der Waals surface area contributed by atoms with E-state index in [1.165, 1.54) is 4.90 Å². The molecule has 1 heterocycles. The van der Waals surface area contributed by atoms with Crippen LogP contribution in [-0.2, 0) is 9.59 Å². The van der Waals surface area contributed by atoms with Gasteiger partial charge in [0.2, 0.25) is 11.8 Å². The number of fused-ring (bicyclic) bond motifs is 1. The zero-order valence-corrected chi connectivity index (χ0v) is 11.5. The van der Waals surface area contributed by atoms with Crippen molar-refractivity contribution < 1.29 is 9.59 Å². The standard InChI is InChI=1S/C16H18N2O2/c1-11-5-4-6-12(9-11)17-10-18-15(19)13-7-2-3-8-14(13)16(18)20/h2-6,9,13-14,17H,7-8,10H2,1H3/t13-,14+. The van der Waals surface area contributed by atoms with Crippen LogP contribution in [0.25, 0.3) is 0 Å². The molecule has 0 aromatic heterocycles. The molecule has 2 atom stereocenters. The summed E-state index contributed by atoms with van der Waals surface area (Å²) in [6.07, 6.45) is 5.39. The van der Waals surface area contributed by atoms with Gasteiger partial charge in [0.25, 0.3) is 0 Å². The molecule has 0 saturated carbocycles. The quantitative estimate of drug-likeness (QED) is 0.677. The highest BCUT2D eigenvalue weighted by Crippen LogP contribution is 2.34. The maximum absolute atomic E-state index is 12.3. The summed E-state index contributed by atoms with van der Waals surface area (Å²) in [6, 6.07) is 7.90. The van der Waals surface area contributed by atoms with E-state index >= 15 is 0 Å². The minimum absolute atomic E-state index is 0.0375. The van der Waals surface area contributed by atoms with Crippen molar-refractivity contribution in [2.45, 2.75) is 19.8 Å². The number of imide groups is 1. The number of amides is 2. The fourth-order valence-corrected chi connectivity index (χ4v) is 2.95. The topological polar surface area (TPSA) is 49.4 Å². The maximum atomic E-state index is 12.3. The Morgan fingerprint density at radius 2 is 1.80 bits per heavy atom. The molecule has 0 spiro atoms. The van der Waals surface area contributed by atoms with Gasteiger partial charge in [-0.2, -0.15) is 0 Å². The number of aryl methyl sites for hydroxylation is 1. The number of hydrogen-bond donors (Lipinski definition) is 1. The van der Waals surface area contributed by atoms with E-state index in [0.29, 0.717) is 12.8 Å². The highest BCUT2D eigenvalue weighted by atomic mass is 16.2. The average Bonchev–Trinajstić information content (AvgIpc) is 2.70. The fraction of sp³-hybridized carbons (Fsp3) is 0.375. The molecule has 1 aliphatic heterocycles. The summed E-state index contributed by atoms with van der Waals surface area (Å²) < 4.78 is 0. The molecular weight excluding hydrogens is 252 g/mol. The molecule has 4 heteroatoms. The third-order valence-electron chi connectivity index (χ3n) is 4.06. The normalized spacial score (nSPS) is 24.9. The molecule has 0 bridgehead atoms. The summed E-state index contributed by atoms with van der Waals surface area (Å²) >= 11 is 0. The predicted octanol–water partition coefficient (Wildman–Crippen LogP) is 2.32. The maximum Gasteiger partial charge on any atom is 0.234 e. The predicted molar refractivity (Wildman–Crippen MR) is 76.9 cm³/mol. The number of anilines is 1. The van der Waals surface area contributed by atoms with Gasteiger partial charge in [-0.15, -0.1) is 0 Å². The molecule has 0 radical (unpaired) electrons. The van der Waals surface area contributed by atoms with Crippen LogP contribution in [0.3, 0.4) is 0 Å². The number of carbonyl (C=O) groups is 2. The number of allylic oxidation sites excluding steroid dienone is 2. The first-order valence-electron chi connectivity index (χ1n) is 6.97. The second-order valence-corrected chi connectivity index (χ2v) is 5.46. The van der Waals surface area contributed by atoms with E-state index < -0.39 is 0 Å². The number of benzene rings is 1. The van der Waals surface area contributed by atoms with Crippen molar-refractivity contribution in [3.8, 4) is 0 Å².